The molecule has 3 aromatic rings. The molecular formula is C20H18ClF2N3. The predicted octanol–water partition coefficient (Wildman–Crippen LogP) is 4.22. The van der Waals surface area contributed by atoms with Gasteiger partial charge >= 0.3 is 0 Å². The number of hydrogen-bond donors (Lipinski definition) is 1. The lowest BCUT2D eigenvalue weighted by Gasteiger charge is -2.11. The summed E-state index contributed by atoms with van der Waals surface area (Å²) >= 11 is 6.03. The van der Waals surface area contributed by atoms with Crippen LogP contribution in [0.4, 0.5) is 8.78 Å². The number of nitrogens with one attached hydrogen (secondary N) is 1. The Morgan fingerprint density at radius 3 is 2.58 bits per heavy atom. The van der Waals surface area contributed by atoms with Crippen LogP contribution in [0.25, 0.3) is 11.3 Å². The molecule has 1 aromatic heterocycles. The van der Waals surface area contributed by atoms with Crippen molar-refractivity contribution >= 4 is 11.6 Å². The molecule has 0 aliphatic carbocycles. The molecule has 0 spiro atoms. The molecule has 134 valence electrons. The zero-order valence-corrected chi connectivity index (χ0v) is 14.9. The van der Waals surface area contributed by atoms with E-state index in [2.05, 4.69) is 5.32 Å². The number of fused-ring (bicyclic) bond motifs is 1. The molecule has 26 heavy (non-hydrogen) atoms. The fraction of sp³-hybridized carbons (Fsp3) is 0.250. The zero-order chi connectivity index (χ0) is 18.1. The Hall–Kier alpha value is -2.24. The highest BCUT2D eigenvalue weighted by molar-refractivity contribution is 6.30. The molecule has 0 bridgehead atoms. The van der Waals surface area contributed by atoms with Crippen LogP contribution in [0.1, 0.15) is 16.8 Å². The summed E-state index contributed by atoms with van der Waals surface area (Å²) in [6, 6.07) is 11.3. The van der Waals surface area contributed by atoms with E-state index in [9.17, 15) is 8.78 Å². The largest absolute Gasteiger partial charge is 0.316 e. The Kier molecular flexibility index (Phi) is 4.74. The predicted molar refractivity (Wildman–Crippen MR) is 98.4 cm³/mol. The van der Waals surface area contributed by atoms with Gasteiger partial charge in [-0.05, 0) is 31.2 Å². The van der Waals surface area contributed by atoms with E-state index in [0.29, 0.717) is 10.6 Å². The topological polar surface area (TPSA) is 29.9 Å². The van der Waals surface area contributed by atoms with Crippen molar-refractivity contribution in [3.63, 3.8) is 0 Å². The zero-order valence-electron chi connectivity index (χ0n) is 14.1. The van der Waals surface area contributed by atoms with Crippen molar-refractivity contribution in [3.05, 3.63) is 75.9 Å². The molecule has 1 aliphatic rings. The third-order valence-corrected chi connectivity index (χ3v) is 4.93. The first-order valence-corrected chi connectivity index (χ1v) is 8.99. The van der Waals surface area contributed by atoms with Gasteiger partial charge in [0.05, 0.1) is 17.9 Å². The second-order valence-corrected chi connectivity index (χ2v) is 6.86. The molecule has 0 fully saturated rings. The Balaban J connectivity index is 1.81. The van der Waals surface area contributed by atoms with Crippen molar-refractivity contribution in [3.8, 4) is 11.3 Å². The number of benzene rings is 2. The molecule has 3 nitrogen and oxygen atoms in total. The number of halogens is 3. The van der Waals surface area contributed by atoms with Crippen LogP contribution in [0.15, 0.2) is 42.5 Å². The Morgan fingerprint density at radius 1 is 1.04 bits per heavy atom. The number of hydrogen-bond acceptors (Lipinski definition) is 2. The summed E-state index contributed by atoms with van der Waals surface area (Å²) in [5, 5.41) is 8.80. The quantitative estimate of drug-likeness (QED) is 0.745. The molecule has 1 N–H and O–H groups in total. The van der Waals surface area contributed by atoms with Crippen LogP contribution in [0.2, 0.25) is 5.02 Å². The van der Waals surface area contributed by atoms with Crippen molar-refractivity contribution < 1.29 is 8.78 Å². The molecule has 2 heterocycles. The van der Waals surface area contributed by atoms with Crippen LogP contribution in [-0.4, -0.2) is 22.9 Å². The van der Waals surface area contributed by atoms with Gasteiger partial charge in [-0.15, -0.1) is 0 Å². The number of aromatic nitrogens is 2. The number of nitrogens with zero attached hydrogens (tertiary/aromatic N) is 2. The van der Waals surface area contributed by atoms with Gasteiger partial charge in [-0.2, -0.15) is 5.10 Å². The minimum Gasteiger partial charge on any atom is -0.316 e. The van der Waals surface area contributed by atoms with Crippen LogP contribution >= 0.6 is 11.6 Å². The van der Waals surface area contributed by atoms with Crippen LogP contribution in [0, 0.1) is 11.6 Å². The van der Waals surface area contributed by atoms with E-state index in [-0.39, 0.29) is 6.54 Å². The Bertz CT molecular complexity index is 935. The summed E-state index contributed by atoms with van der Waals surface area (Å²) in [5.74, 6) is -1.13. The van der Waals surface area contributed by atoms with E-state index in [1.165, 1.54) is 17.7 Å². The number of rotatable bonds is 3. The van der Waals surface area contributed by atoms with E-state index in [1.807, 2.05) is 28.9 Å². The van der Waals surface area contributed by atoms with Gasteiger partial charge in [-0.3, -0.25) is 4.68 Å². The normalized spacial score (nSPS) is 14.1. The maximum Gasteiger partial charge on any atom is 0.131 e. The lowest BCUT2D eigenvalue weighted by atomic mass is 10.0. The third kappa shape index (κ3) is 3.37. The maximum absolute atomic E-state index is 14.2. The second kappa shape index (κ2) is 7.17. The summed E-state index contributed by atoms with van der Waals surface area (Å²) < 4.78 is 29.2. The molecule has 0 amide bonds. The summed E-state index contributed by atoms with van der Waals surface area (Å²) in [4.78, 5) is 0. The van der Waals surface area contributed by atoms with Gasteiger partial charge in [-0.25, -0.2) is 8.78 Å². The van der Waals surface area contributed by atoms with Crippen molar-refractivity contribution in [2.24, 2.45) is 0 Å². The Labute approximate surface area is 155 Å². The fourth-order valence-electron chi connectivity index (χ4n) is 3.41. The molecule has 0 saturated carbocycles. The van der Waals surface area contributed by atoms with Crippen molar-refractivity contribution in [1.82, 2.24) is 15.1 Å². The first-order valence-electron chi connectivity index (χ1n) is 8.61. The molecular weight excluding hydrogens is 356 g/mol. The van der Waals surface area contributed by atoms with E-state index in [4.69, 9.17) is 16.7 Å². The molecule has 0 unspecified atom stereocenters. The molecule has 0 saturated heterocycles. The summed E-state index contributed by atoms with van der Waals surface area (Å²) in [6.45, 7) is 2.00. The molecule has 2 aromatic carbocycles. The SMILES string of the molecule is Fc1ccc(Cn2nc3c(c2-c2ccc(Cl)cc2)CCNCC3)c(F)c1. The van der Waals surface area contributed by atoms with Gasteiger partial charge in [0.2, 0.25) is 0 Å². The van der Waals surface area contributed by atoms with Crippen LogP contribution < -0.4 is 5.32 Å². The van der Waals surface area contributed by atoms with E-state index < -0.39 is 11.6 Å². The van der Waals surface area contributed by atoms with E-state index >= 15 is 0 Å². The average Bonchev–Trinajstić information content (AvgIpc) is 2.79. The van der Waals surface area contributed by atoms with E-state index in [0.717, 1.165) is 48.9 Å². The summed E-state index contributed by atoms with van der Waals surface area (Å²) in [7, 11) is 0. The average molecular weight is 374 g/mol. The molecule has 6 heteroatoms. The van der Waals surface area contributed by atoms with E-state index in [1.54, 1.807) is 0 Å². The highest BCUT2D eigenvalue weighted by atomic mass is 35.5. The fourth-order valence-corrected chi connectivity index (χ4v) is 3.54. The van der Waals surface area contributed by atoms with Gasteiger partial charge in [-0.1, -0.05) is 29.8 Å². The van der Waals surface area contributed by atoms with Crippen molar-refractivity contribution in [1.29, 1.82) is 0 Å². The smallest absolute Gasteiger partial charge is 0.131 e. The van der Waals surface area contributed by atoms with Gasteiger partial charge < -0.3 is 5.32 Å². The third-order valence-electron chi connectivity index (χ3n) is 4.68. The van der Waals surface area contributed by atoms with Crippen molar-refractivity contribution in [2.45, 2.75) is 19.4 Å². The lowest BCUT2D eigenvalue weighted by molar-refractivity contribution is 0.557. The lowest BCUT2D eigenvalue weighted by Crippen LogP contribution is -2.17. The van der Waals surface area contributed by atoms with Crippen LogP contribution in [0.5, 0.6) is 0 Å². The molecule has 0 atom stereocenters. The van der Waals surface area contributed by atoms with Crippen LogP contribution in [-0.2, 0) is 19.4 Å². The maximum atomic E-state index is 14.2. The molecule has 1 aliphatic heterocycles. The van der Waals surface area contributed by atoms with Crippen LogP contribution in [0.3, 0.4) is 0 Å². The molecule has 4 rings (SSSR count). The van der Waals surface area contributed by atoms with Gasteiger partial charge in [0.1, 0.15) is 11.6 Å². The first-order chi connectivity index (χ1) is 12.6. The Morgan fingerprint density at radius 2 is 1.81 bits per heavy atom. The minimum absolute atomic E-state index is 0.254. The first kappa shape index (κ1) is 17.2. The minimum atomic E-state index is -0.577. The van der Waals surface area contributed by atoms with Gasteiger partial charge in [0.25, 0.3) is 0 Å². The highest BCUT2D eigenvalue weighted by Gasteiger charge is 2.21. The summed E-state index contributed by atoms with van der Waals surface area (Å²) in [5.41, 5.74) is 4.59. The van der Waals surface area contributed by atoms with Crippen molar-refractivity contribution in [2.75, 3.05) is 13.1 Å². The summed E-state index contributed by atoms with van der Waals surface area (Å²) in [6.07, 6.45) is 1.69. The van der Waals surface area contributed by atoms with Gasteiger partial charge in [0.15, 0.2) is 0 Å². The standard InChI is InChI=1S/C20H18ClF2N3/c21-15-4-1-13(2-5-15)20-17-7-9-24-10-8-19(17)25-26(20)12-14-3-6-16(22)11-18(14)23/h1-6,11,24H,7-10,12H2. The monoisotopic (exact) mass is 373 g/mol. The highest BCUT2D eigenvalue weighted by Crippen LogP contribution is 2.30. The second-order valence-electron chi connectivity index (χ2n) is 6.42. The van der Waals surface area contributed by atoms with Gasteiger partial charge in [0, 0.05) is 40.7 Å². The molecule has 0 radical (unpaired) electrons.